The Balaban J connectivity index is 1.69. The number of unbranched alkanes of at least 4 members (excludes halogenated alkanes) is 22. The minimum Gasteiger partial charge on any atom is -0.379 e. The molecule has 1 unspecified atom stereocenters. The summed E-state index contributed by atoms with van der Waals surface area (Å²) in [5, 5.41) is 1.32. The maximum Gasteiger partial charge on any atom is 0.0986 e. The molecule has 0 radical (unpaired) electrons. The molecule has 1 aromatic carbocycles. The lowest BCUT2D eigenvalue weighted by Gasteiger charge is -2.20. The van der Waals surface area contributed by atoms with Crippen LogP contribution in [0.15, 0.2) is 30.5 Å². The van der Waals surface area contributed by atoms with E-state index in [0.717, 1.165) is 39.0 Å². The van der Waals surface area contributed by atoms with E-state index in [1.807, 2.05) is 0 Å². The summed E-state index contributed by atoms with van der Waals surface area (Å²) in [6.45, 7) is 9.86. The highest BCUT2D eigenvalue weighted by molar-refractivity contribution is 5.84. The molecule has 2 rings (SSSR count). The van der Waals surface area contributed by atoms with Crippen molar-refractivity contribution in [2.45, 2.75) is 200 Å². The van der Waals surface area contributed by atoms with E-state index in [1.54, 1.807) is 0 Å². The molecule has 0 bridgehead atoms. The third-order valence-electron chi connectivity index (χ3n) is 9.61. The smallest absolute Gasteiger partial charge is 0.0986 e. The molecule has 0 aliphatic heterocycles. The minimum absolute atomic E-state index is 0.0731. The van der Waals surface area contributed by atoms with Gasteiger partial charge in [0.15, 0.2) is 0 Å². The van der Waals surface area contributed by atoms with Crippen LogP contribution in [0.5, 0.6) is 0 Å². The summed E-state index contributed by atoms with van der Waals surface area (Å²) in [4.78, 5) is 0. The number of hydrogen-bond donors (Lipinski definition) is 1. The number of ether oxygens (including phenoxy) is 2. The average Bonchev–Trinajstić information content (AvgIpc) is 3.39. The molecule has 266 valence electrons. The largest absolute Gasteiger partial charge is 0.379 e. The van der Waals surface area contributed by atoms with Crippen molar-refractivity contribution in [1.29, 1.82) is 0 Å². The molecule has 2 atom stereocenters. The fraction of sp³-hybridized carbons (Fsp3) is 0.810. The Morgan fingerprint density at radius 2 is 1.07 bits per heavy atom. The molecule has 0 amide bonds. The van der Waals surface area contributed by atoms with Gasteiger partial charge in [-0.1, -0.05) is 173 Å². The maximum absolute atomic E-state index is 6.52. The number of para-hydroxylation sites is 1. The van der Waals surface area contributed by atoms with E-state index in [9.17, 15) is 0 Å². The molecule has 0 saturated carbocycles. The summed E-state index contributed by atoms with van der Waals surface area (Å²) in [6.07, 6.45) is 36.1. The lowest BCUT2D eigenvalue weighted by Crippen LogP contribution is -2.26. The van der Waals surface area contributed by atoms with Crippen LogP contribution < -0.4 is 5.73 Å². The van der Waals surface area contributed by atoms with Crippen LogP contribution in [-0.2, 0) is 22.4 Å². The number of fused-ring (bicyclic) bond motifs is 1. The Bertz CT molecular complexity index is 939. The van der Waals surface area contributed by atoms with Gasteiger partial charge < -0.3 is 19.8 Å². The number of nitrogens with two attached hydrogens (primary N) is 1. The Hall–Kier alpha value is -1.36. The van der Waals surface area contributed by atoms with Crippen molar-refractivity contribution in [1.82, 2.24) is 4.57 Å². The molecule has 0 aliphatic carbocycles. The summed E-state index contributed by atoms with van der Waals surface area (Å²) in [5.41, 5.74) is 8.81. The van der Waals surface area contributed by atoms with E-state index in [-0.39, 0.29) is 12.1 Å². The Labute approximate surface area is 286 Å². The fourth-order valence-corrected chi connectivity index (χ4v) is 6.81. The van der Waals surface area contributed by atoms with E-state index in [4.69, 9.17) is 15.2 Å². The third kappa shape index (κ3) is 20.1. The molecule has 46 heavy (non-hydrogen) atoms. The van der Waals surface area contributed by atoms with Crippen molar-refractivity contribution in [2.75, 3.05) is 19.8 Å². The molecule has 0 aliphatic rings. The number of rotatable bonds is 33. The van der Waals surface area contributed by atoms with Crippen molar-refractivity contribution >= 4 is 10.9 Å². The highest BCUT2D eigenvalue weighted by Crippen LogP contribution is 2.23. The quantitative estimate of drug-likeness (QED) is 0.0790. The lowest BCUT2D eigenvalue weighted by atomic mass is 10.1. The predicted molar refractivity (Wildman–Crippen MR) is 202 cm³/mol. The van der Waals surface area contributed by atoms with Gasteiger partial charge in [0, 0.05) is 36.4 Å². The molecule has 1 aromatic heterocycles. The van der Waals surface area contributed by atoms with Crippen LogP contribution >= 0.6 is 0 Å². The lowest BCUT2D eigenvalue weighted by molar-refractivity contribution is -0.0260. The normalized spacial score (nSPS) is 13.1. The van der Waals surface area contributed by atoms with Gasteiger partial charge in [-0.3, -0.25) is 0 Å². The van der Waals surface area contributed by atoms with E-state index in [1.165, 1.54) is 158 Å². The Morgan fingerprint density at radius 3 is 1.57 bits per heavy atom. The van der Waals surface area contributed by atoms with Crippen LogP contribution in [0.25, 0.3) is 10.9 Å². The first-order valence-corrected chi connectivity index (χ1v) is 20.2. The molecular formula is C42H76N2O2. The highest BCUT2D eigenvalue weighted by Gasteiger charge is 2.15. The number of hydrogen-bond acceptors (Lipinski definition) is 3. The molecule has 0 saturated heterocycles. The summed E-state index contributed by atoms with van der Waals surface area (Å²) in [5.74, 6) is 0. The van der Waals surface area contributed by atoms with Crippen molar-refractivity contribution < 1.29 is 9.47 Å². The molecule has 4 nitrogen and oxygen atoms in total. The molecule has 2 aromatic rings. The van der Waals surface area contributed by atoms with Gasteiger partial charge in [-0.05, 0) is 37.8 Å². The first-order valence-electron chi connectivity index (χ1n) is 20.2. The van der Waals surface area contributed by atoms with Crippen molar-refractivity contribution in [2.24, 2.45) is 5.73 Å². The van der Waals surface area contributed by atoms with Gasteiger partial charge in [-0.25, -0.2) is 0 Å². The van der Waals surface area contributed by atoms with Gasteiger partial charge in [0.1, 0.15) is 0 Å². The second kappa shape index (κ2) is 28.6. The fourth-order valence-electron chi connectivity index (χ4n) is 6.81. The summed E-state index contributed by atoms with van der Waals surface area (Å²) >= 11 is 0. The van der Waals surface area contributed by atoms with Gasteiger partial charge in [-0.15, -0.1) is 0 Å². The minimum atomic E-state index is 0.0731. The van der Waals surface area contributed by atoms with Gasteiger partial charge in [-0.2, -0.15) is 0 Å². The summed E-state index contributed by atoms with van der Waals surface area (Å²) in [7, 11) is 0. The molecule has 1 heterocycles. The number of aromatic nitrogens is 1. The Kier molecular flexibility index (Phi) is 25.4. The van der Waals surface area contributed by atoms with Crippen LogP contribution in [-0.4, -0.2) is 36.5 Å². The van der Waals surface area contributed by atoms with E-state index in [2.05, 4.69) is 55.8 Å². The first kappa shape index (κ1) is 40.8. The predicted octanol–water partition coefficient (Wildman–Crippen LogP) is 12.3. The topological polar surface area (TPSA) is 49.4 Å². The van der Waals surface area contributed by atoms with Gasteiger partial charge in [0.05, 0.1) is 19.3 Å². The van der Waals surface area contributed by atoms with E-state index < -0.39 is 0 Å². The SMILES string of the molecule is CCCCCCCCCCCCCCOCC(Cn1cc(C[C@@H](C)N)c2ccccc21)OCCCCCCCCCCCCCC. The zero-order chi connectivity index (χ0) is 32.9. The van der Waals surface area contributed by atoms with Crippen molar-refractivity contribution in [3.05, 3.63) is 36.0 Å². The Morgan fingerprint density at radius 1 is 0.609 bits per heavy atom. The monoisotopic (exact) mass is 641 g/mol. The molecule has 4 heteroatoms. The van der Waals surface area contributed by atoms with Crippen molar-refractivity contribution in [3.8, 4) is 0 Å². The van der Waals surface area contributed by atoms with Crippen LogP contribution in [0.1, 0.15) is 180 Å². The van der Waals surface area contributed by atoms with Crippen LogP contribution in [0.3, 0.4) is 0 Å². The second-order valence-electron chi connectivity index (χ2n) is 14.4. The van der Waals surface area contributed by atoms with E-state index in [0.29, 0.717) is 6.61 Å². The van der Waals surface area contributed by atoms with Crippen LogP contribution in [0.2, 0.25) is 0 Å². The van der Waals surface area contributed by atoms with Gasteiger partial charge in [0.2, 0.25) is 0 Å². The number of nitrogens with zero attached hydrogens (tertiary/aromatic N) is 1. The first-order chi connectivity index (χ1) is 22.7. The van der Waals surface area contributed by atoms with Crippen LogP contribution in [0.4, 0.5) is 0 Å². The van der Waals surface area contributed by atoms with Crippen molar-refractivity contribution in [3.63, 3.8) is 0 Å². The van der Waals surface area contributed by atoms with Gasteiger partial charge in [0.25, 0.3) is 0 Å². The van der Waals surface area contributed by atoms with Gasteiger partial charge >= 0.3 is 0 Å². The highest BCUT2D eigenvalue weighted by atomic mass is 16.5. The molecule has 2 N–H and O–H groups in total. The second-order valence-corrected chi connectivity index (χ2v) is 14.4. The summed E-state index contributed by atoms with van der Waals surface area (Å²) in [6, 6.07) is 8.89. The number of benzene rings is 1. The molecular weight excluding hydrogens is 564 g/mol. The standard InChI is InChI=1S/C42H76N2O2/c1-4-6-8-10-12-14-16-18-20-22-24-28-32-45-37-40(46-33-29-25-23-21-19-17-15-13-11-9-7-5-2)36-44-35-39(34-38(3)43)41-30-26-27-31-42(41)44/h26-27,30-31,35,38,40H,4-25,28-29,32-34,36-37,43H2,1-3H3/t38-,40?/m1/s1. The average molecular weight is 641 g/mol. The zero-order valence-corrected chi connectivity index (χ0v) is 30.9. The summed E-state index contributed by atoms with van der Waals surface area (Å²) < 4.78 is 15.2. The molecule has 0 spiro atoms. The van der Waals surface area contributed by atoms with E-state index >= 15 is 0 Å². The maximum atomic E-state index is 6.52. The third-order valence-corrected chi connectivity index (χ3v) is 9.61. The molecule has 0 fully saturated rings. The zero-order valence-electron chi connectivity index (χ0n) is 30.9. The van der Waals surface area contributed by atoms with Crippen LogP contribution in [0, 0.1) is 0 Å².